The van der Waals surface area contributed by atoms with Crippen LogP contribution in [0.5, 0.6) is 0 Å². The molecule has 1 rings (SSSR count). The fourth-order valence-corrected chi connectivity index (χ4v) is 3.23. The zero-order valence-corrected chi connectivity index (χ0v) is 27.1. The van der Waals surface area contributed by atoms with Crippen LogP contribution in [-0.4, -0.2) is 124 Å². The van der Waals surface area contributed by atoms with Gasteiger partial charge in [-0.2, -0.15) is 8.42 Å². The van der Waals surface area contributed by atoms with Crippen molar-refractivity contribution in [2.75, 3.05) is 106 Å². The van der Waals surface area contributed by atoms with Gasteiger partial charge in [0.1, 0.15) is 0 Å². The molecular formula is C24H45N6NaO11S. The van der Waals surface area contributed by atoms with Gasteiger partial charge in [-0.05, 0) is 24.6 Å². The van der Waals surface area contributed by atoms with E-state index in [1.165, 1.54) is 17.0 Å². The van der Waals surface area contributed by atoms with Crippen molar-refractivity contribution < 1.29 is 80.8 Å². The Labute approximate surface area is 276 Å². The molecule has 244 valence electrons. The van der Waals surface area contributed by atoms with Crippen molar-refractivity contribution in [2.24, 2.45) is 5.11 Å². The van der Waals surface area contributed by atoms with Crippen molar-refractivity contribution in [2.45, 2.75) is 19.2 Å². The second kappa shape index (κ2) is 38.5. The molecule has 0 radical (unpaired) electrons. The minimum atomic E-state index is -3.74. The molecule has 0 aliphatic rings. The fourth-order valence-electron chi connectivity index (χ4n) is 2.34. The van der Waals surface area contributed by atoms with Gasteiger partial charge < -0.3 is 49.7 Å². The predicted molar refractivity (Wildman–Crippen MR) is 154 cm³/mol. The van der Waals surface area contributed by atoms with E-state index in [2.05, 4.69) is 10.0 Å². The Balaban J connectivity index is -0.000000331. The molecular weight excluding hydrogens is 603 g/mol. The summed E-state index contributed by atoms with van der Waals surface area (Å²) in [6, 6.07) is 6.46. The third kappa shape index (κ3) is 36.5. The van der Waals surface area contributed by atoms with Crippen molar-refractivity contribution in [1.82, 2.24) is 0 Å². The first-order chi connectivity index (χ1) is 19.9. The molecule has 0 aliphatic carbocycles. The first-order valence-electron chi connectivity index (χ1n) is 12.5. The number of benzene rings is 1. The maximum absolute atomic E-state index is 11.9. The standard InChI is InChI=1S/C15H24O7S.C8H17N3O4.CH4.N3.Na/c1-14-2-4-15(5-3-14)23(17,18)22-13-12-21-11-10-20-9-8-19-7-6-16;9-11-10-1-3-13-5-7-15-8-6-14-4-2-12;;1-3-2;/h2-5,16H,6-13H2,1H3;12H,1-8H2;1H4;;/q;;;-1;+1. The molecule has 0 spiro atoms. The van der Waals surface area contributed by atoms with E-state index in [0.717, 1.165) is 5.56 Å². The smallest absolute Gasteiger partial charge is 0.394 e. The van der Waals surface area contributed by atoms with Gasteiger partial charge in [0, 0.05) is 11.5 Å². The van der Waals surface area contributed by atoms with Gasteiger partial charge in [0.2, 0.25) is 0 Å². The third-order valence-electron chi connectivity index (χ3n) is 4.13. The maximum atomic E-state index is 11.9. The van der Waals surface area contributed by atoms with Gasteiger partial charge in [-0.15, -0.1) is 0 Å². The van der Waals surface area contributed by atoms with Crippen LogP contribution in [0, 0.1) is 6.92 Å². The van der Waals surface area contributed by atoms with E-state index in [9.17, 15) is 8.42 Å². The van der Waals surface area contributed by atoms with Crippen LogP contribution in [0.25, 0.3) is 26.4 Å². The number of rotatable bonds is 24. The summed E-state index contributed by atoms with van der Waals surface area (Å²) in [5.74, 6) is 0. The van der Waals surface area contributed by atoms with Gasteiger partial charge in [0.25, 0.3) is 10.1 Å². The zero-order chi connectivity index (χ0) is 30.9. The van der Waals surface area contributed by atoms with Gasteiger partial charge in [-0.1, -0.05) is 30.2 Å². The Hall–Kier alpha value is -1.57. The van der Waals surface area contributed by atoms with E-state index in [1.54, 1.807) is 12.1 Å². The Morgan fingerprint density at radius 2 is 1.02 bits per heavy atom. The topological polar surface area (TPSA) is 247 Å². The van der Waals surface area contributed by atoms with Gasteiger partial charge in [0.15, 0.2) is 0 Å². The molecule has 0 aliphatic heterocycles. The summed E-state index contributed by atoms with van der Waals surface area (Å²) in [4.78, 5) is 4.22. The second-order valence-electron chi connectivity index (χ2n) is 7.25. The van der Waals surface area contributed by atoms with Crippen LogP contribution < -0.4 is 29.6 Å². The fraction of sp³-hybridized carbons (Fsp3) is 0.750. The summed E-state index contributed by atoms with van der Waals surface area (Å²) in [5, 5.41) is 20.2. The summed E-state index contributed by atoms with van der Waals surface area (Å²) in [7, 11) is -3.74. The normalized spacial score (nSPS) is 9.93. The van der Waals surface area contributed by atoms with E-state index in [4.69, 9.17) is 59.4 Å². The molecule has 1 aromatic carbocycles. The largest absolute Gasteiger partial charge is 1.00 e. The van der Waals surface area contributed by atoms with E-state index in [-0.39, 0.29) is 68.3 Å². The van der Waals surface area contributed by atoms with E-state index in [1.807, 2.05) is 6.92 Å². The van der Waals surface area contributed by atoms with Gasteiger partial charge in [0.05, 0.1) is 104 Å². The SMILES string of the molecule is C.Cc1ccc(S(=O)(=O)OCCOCCOCCOCCO)cc1.[N-]=[N+]=NCCOCCOCCOCCO.[N-]=[N+]=[N-].[Na+]. The number of ether oxygens (including phenoxy) is 6. The Kier molecular flexibility index (Phi) is 43.2. The number of aryl methyl sites for hydroxylation is 1. The number of aliphatic hydroxyl groups is 2. The summed E-state index contributed by atoms with van der Waals surface area (Å²) in [6.45, 7) is 6.89. The number of hydrogen-bond donors (Lipinski definition) is 2. The van der Waals surface area contributed by atoms with Crippen molar-refractivity contribution in [3.8, 4) is 0 Å². The van der Waals surface area contributed by atoms with E-state index in [0.29, 0.717) is 79.2 Å². The van der Waals surface area contributed by atoms with Gasteiger partial charge in [-0.25, -0.2) is 0 Å². The molecule has 0 unspecified atom stereocenters. The van der Waals surface area contributed by atoms with Crippen molar-refractivity contribution in [1.29, 1.82) is 0 Å². The molecule has 19 heteroatoms. The number of azide groups is 1. The van der Waals surface area contributed by atoms with Gasteiger partial charge >= 0.3 is 29.6 Å². The molecule has 0 bridgehead atoms. The Morgan fingerprint density at radius 3 is 1.40 bits per heavy atom. The molecule has 0 atom stereocenters. The minimum absolute atomic E-state index is 0. The quantitative estimate of drug-likeness (QED) is 0.0364. The Morgan fingerprint density at radius 1 is 0.674 bits per heavy atom. The van der Waals surface area contributed by atoms with Crippen LogP contribution in [0.2, 0.25) is 0 Å². The average molecular weight is 649 g/mol. The summed E-state index contributed by atoms with van der Waals surface area (Å²) in [5.41, 5.74) is 22.4. The molecule has 0 heterocycles. The molecule has 0 saturated carbocycles. The number of aliphatic hydroxyl groups excluding tert-OH is 2. The predicted octanol–water partition coefficient (Wildman–Crippen LogP) is -0.413. The molecule has 1 aromatic rings. The van der Waals surface area contributed by atoms with E-state index < -0.39 is 10.1 Å². The Bertz CT molecular complexity index is 906. The minimum Gasteiger partial charge on any atom is -0.394 e. The van der Waals surface area contributed by atoms with Crippen LogP contribution in [0.4, 0.5) is 0 Å². The van der Waals surface area contributed by atoms with Crippen LogP contribution in [-0.2, 0) is 42.7 Å². The third-order valence-corrected chi connectivity index (χ3v) is 5.46. The average Bonchev–Trinajstić information content (AvgIpc) is 2.96. The summed E-state index contributed by atoms with van der Waals surface area (Å²) < 4.78 is 59.3. The maximum Gasteiger partial charge on any atom is 1.00 e. The monoisotopic (exact) mass is 648 g/mol. The summed E-state index contributed by atoms with van der Waals surface area (Å²) >= 11 is 0. The first kappa shape index (κ1) is 48.3. The van der Waals surface area contributed by atoms with Crippen molar-refractivity contribution in [3.05, 3.63) is 56.2 Å². The zero-order valence-electron chi connectivity index (χ0n) is 24.3. The van der Waals surface area contributed by atoms with Crippen LogP contribution in [0.3, 0.4) is 0 Å². The van der Waals surface area contributed by atoms with Crippen LogP contribution in [0.15, 0.2) is 34.3 Å². The number of hydrogen-bond acceptors (Lipinski definition) is 12. The first-order valence-corrected chi connectivity index (χ1v) is 13.9. The second-order valence-corrected chi connectivity index (χ2v) is 8.87. The molecule has 0 saturated heterocycles. The molecule has 0 fully saturated rings. The molecule has 2 N–H and O–H groups in total. The van der Waals surface area contributed by atoms with E-state index >= 15 is 0 Å². The van der Waals surface area contributed by atoms with Crippen LogP contribution in [0.1, 0.15) is 13.0 Å². The van der Waals surface area contributed by atoms with Crippen LogP contribution >= 0.6 is 0 Å². The molecule has 0 aromatic heterocycles. The molecule has 0 amide bonds. The number of nitrogens with zero attached hydrogens (tertiary/aromatic N) is 6. The molecule has 17 nitrogen and oxygen atoms in total. The van der Waals surface area contributed by atoms with Crippen molar-refractivity contribution in [3.63, 3.8) is 0 Å². The van der Waals surface area contributed by atoms with Crippen molar-refractivity contribution >= 4 is 10.1 Å². The molecule has 43 heavy (non-hydrogen) atoms. The summed E-state index contributed by atoms with van der Waals surface area (Å²) in [6.07, 6.45) is 0. The van der Waals surface area contributed by atoms with Gasteiger partial charge in [-0.3, -0.25) is 9.09 Å².